The van der Waals surface area contributed by atoms with Gasteiger partial charge in [-0.15, -0.1) is 0 Å². The minimum atomic E-state index is -1.36. The van der Waals surface area contributed by atoms with E-state index in [1.54, 1.807) is 24.3 Å². The maximum Gasteiger partial charge on any atom is 0.329 e. The van der Waals surface area contributed by atoms with Gasteiger partial charge in [0.25, 0.3) is 5.56 Å². The molecule has 5 nitrogen and oxygen atoms in total. The number of carboxylic acid groups (broad SMARTS) is 1. The number of benzene rings is 1. The molecule has 0 aliphatic heterocycles. The summed E-state index contributed by atoms with van der Waals surface area (Å²) in [6.45, 7) is 3.04. The third-order valence-electron chi connectivity index (χ3n) is 3.38. The average Bonchev–Trinajstić information content (AvgIpc) is 2.47. The molecule has 0 bridgehead atoms. The quantitative estimate of drug-likeness (QED) is 0.919. The van der Waals surface area contributed by atoms with Crippen LogP contribution in [0.4, 0.5) is 0 Å². The van der Waals surface area contributed by atoms with Crippen LogP contribution in [-0.2, 0) is 16.9 Å². The van der Waals surface area contributed by atoms with Crippen LogP contribution in [0.25, 0.3) is 0 Å². The SMILES string of the molecule is CC(C)(C(=O)O)n1cccc(OCc2ccccc2Cl)c1=O. The summed E-state index contributed by atoms with van der Waals surface area (Å²) in [5.41, 5.74) is -1.11. The fourth-order valence-corrected chi connectivity index (χ4v) is 2.09. The molecule has 116 valence electrons. The molecule has 22 heavy (non-hydrogen) atoms. The van der Waals surface area contributed by atoms with E-state index in [4.69, 9.17) is 16.3 Å². The molecular formula is C16H16ClNO4. The van der Waals surface area contributed by atoms with Gasteiger partial charge in [0.05, 0.1) is 0 Å². The van der Waals surface area contributed by atoms with Crippen molar-refractivity contribution >= 4 is 17.6 Å². The second-order valence-corrected chi connectivity index (χ2v) is 5.70. The Bertz CT molecular complexity index is 752. The van der Waals surface area contributed by atoms with E-state index in [9.17, 15) is 14.7 Å². The zero-order chi connectivity index (χ0) is 16.3. The highest BCUT2D eigenvalue weighted by Gasteiger charge is 2.30. The molecule has 0 fully saturated rings. The Morgan fingerprint density at radius 2 is 1.95 bits per heavy atom. The lowest BCUT2D eigenvalue weighted by Crippen LogP contribution is -2.42. The molecule has 0 aliphatic carbocycles. The van der Waals surface area contributed by atoms with Crippen LogP contribution in [0.1, 0.15) is 19.4 Å². The fourth-order valence-electron chi connectivity index (χ4n) is 1.90. The lowest BCUT2D eigenvalue weighted by Gasteiger charge is -2.23. The van der Waals surface area contributed by atoms with E-state index in [1.165, 1.54) is 26.1 Å². The Morgan fingerprint density at radius 1 is 1.27 bits per heavy atom. The van der Waals surface area contributed by atoms with Gasteiger partial charge < -0.3 is 9.84 Å². The monoisotopic (exact) mass is 321 g/mol. The van der Waals surface area contributed by atoms with Crippen LogP contribution >= 0.6 is 11.6 Å². The van der Waals surface area contributed by atoms with E-state index >= 15 is 0 Å². The molecule has 0 atom stereocenters. The minimum absolute atomic E-state index is 0.0803. The molecule has 0 radical (unpaired) electrons. The topological polar surface area (TPSA) is 68.5 Å². The number of hydrogen-bond acceptors (Lipinski definition) is 3. The summed E-state index contributed by atoms with van der Waals surface area (Å²) in [4.78, 5) is 23.7. The van der Waals surface area contributed by atoms with Crippen molar-refractivity contribution < 1.29 is 14.6 Å². The molecule has 6 heteroatoms. The first-order chi connectivity index (χ1) is 10.3. The number of carbonyl (C=O) groups is 1. The molecule has 1 N–H and O–H groups in total. The molecule has 1 aromatic heterocycles. The van der Waals surface area contributed by atoms with Crippen molar-refractivity contribution in [2.75, 3.05) is 0 Å². The predicted octanol–water partition coefficient (Wildman–Crippen LogP) is 2.90. The highest BCUT2D eigenvalue weighted by Crippen LogP contribution is 2.18. The number of pyridine rings is 1. The molecule has 1 heterocycles. The first kappa shape index (κ1) is 16.1. The van der Waals surface area contributed by atoms with Gasteiger partial charge in [-0.2, -0.15) is 0 Å². The molecule has 0 aliphatic rings. The number of aromatic nitrogens is 1. The zero-order valence-corrected chi connectivity index (χ0v) is 13.0. The van der Waals surface area contributed by atoms with Crippen molar-refractivity contribution in [1.29, 1.82) is 0 Å². The lowest BCUT2D eigenvalue weighted by atomic mass is 10.1. The Labute approximate surface area is 132 Å². The van der Waals surface area contributed by atoms with E-state index in [0.717, 1.165) is 10.1 Å². The van der Waals surface area contributed by atoms with Crippen LogP contribution in [0, 0.1) is 0 Å². The van der Waals surface area contributed by atoms with E-state index < -0.39 is 17.1 Å². The Balaban J connectivity index is 2.29. The van der Waals surface area contributed by atoms with E-state index in [2.05, 4.69) is 0 Å². The first-order valence-electron chi connectivity index (χ1n) is 6.66. The summed E-state index contributed by atoms with van der Waals surface area (Å²) in [5, 5.41) is 9.78. The first-order valence-corrected chi connectivity index (χ1v) is 7.03. The molecule has 0 saturated heterocycles. The second-order valence-electron chi connectivity index (χ2n) is 5.29. The third-order valence-corrected chi connectivity index (χ3v) is 3.75. The Morgan fingerprint density at radius 3 is 2.59 bits per heavy atom. The molecule has 0 saturated carbocycles. The number of rotatable bonds is 5. The number of ether oxygens (including phenoxy) is 1. The predicted molar refractivity (Wildman–Crippen MR) is 83.4 cm³/mol. The van der Waals surface area contributed by atoms with Gasteiger partial charge in [0.1, 0.15) is 12.1 Å². The highest BCUT2D eigenvalue weighted by atomic mass is 35.5. The third kappa shape index (κ3) is 3.14. The number of halogens is 1. The van der Waals surface area contributed by atoms with Crippen LogP contribution in [0.5, 0.6) is 5.75 Å². The summed E-state index contributed by atoms with van der Waals surface area (Å²) >= 11 is 6.03. The fraction of sp³-hybridized carbons (Fsp3) is 0.250. The van der Waals surface area contributed by atoms with E-state index in [0.29, 0.717) is 5.02 Å². The zero-order valence-electron chi connectivity index (χ0n) is 12.2. The molecular weight excluding hydrogens is 306 g/mol. The van der Waals surface area contributed by atoms with Gasteiger partial charge in [-0.25, -0.2) is 4.79 Å². The van der Waals surface area contributed by atoms with Gasteiger partial charge in [-0.3, -0.25) is 9.36 Å². The standard InChI is InChI=1S/C16H16ClNO4/c1-16(2,15(20)21)18-9-5-8-13(14(18)19)22-10-11-6-3-4-7-12(11)17/h3-9H,10H2,1-2H3,(H,20,21). The van der Waals surface area contributed by atoms with Gasteiger partial charge >= 0.3 is 5.97 Å². The highest BCUT2D eigenvalue weighted by molar-refractivity contribution is 6.31. The minimum Gasteiger partial charge on any atom is -0.483 e. The van der Waals surface area contributed by atoms with Crippen LogP contribution in [0.2, 0.25) is 5.02 Å². The molecule has 1 aromatic carbocycles. The van der Waals surface area contributed by atoms with Crippen LogP contribution < -0.4 is 10.3 Å². The Hall–Kier alpha value is -2.27. The maximum atomic E-state index is 12.4. The van der Waals surface area contributed by atoms with Gasteiger partial charge in [0.2, 0.25) is 0 Å². The van der Waals surface area contributed by atoms with Crippen LogP contribution in [0.3, 0.4) is 0 Å². The number of carboxylic acids is 1. The summed E-state index contributed by atoms with van der Waals surface area (Å²) in [7, 11) is 0. The molecule has 0 amide bonds. The van der Waals surface area contributed by atoms with Gasteiger partial charge in [0.15, 0.2) is 5.75 Å². The molecule has 0 unspecified atom stereocenters. The molecule has 2 aromatic rings. The average molecular weight is 322 g/mol. The summed E-state index contributed by atoms with van der Waals surface area (Å²) in [6, 6.07) is 10.2. The van der Waals surface area contributed by atoms with Crippen LogP contribution in [0.15, 0.2) is 47.4 Å². The summed E-state index contributed by atoms with van der Waals surface area (Å²) < 4.78 is 6.64. The van der Waals surface area contributed by atoms with Gasteiger partial charge in [-0.05, 0) is 32.0 Å². The maximum absolute atomic E-state index is 12.4. The van der Waals surface area contributed by atoms with Crippen molar-refractivity contribution in [2.45, 2.75) is 26.0 Å². The van der Waals surface area contributed by atoms with Crippen molar-refractivity contribution in [3.05, 3.63) is 63.5 Å². The van der Waals surface area contributed by atoms with Crippen molar-refractivity contribution in [1.82, 2.24) is 4.57 Å². The number of hydrogen-bond donors (Lipinski definition) is 1. The normalized spacial score (nSPS) is 11.2. The van der Waals surface area contributed by atoms with Gasteiger partial charge in [0, 0.05) is 16.8 Å². The van der Waals surface area contributed by atoms with E-state index in [1.807, 2.05) is 6.07 Å². The lowest BCUT2D eigenvalue weighted by molar-refractivity contribution is -0.145. The van der Waals surface area contributed by atoms with Crippen molar-refractivity contribution in [3.63, 3.8) is 0 Å². The van der Waals surface area contributed by atoms with Crippen LogP contribution in [-0.4, -0.2) is 15.6 Å². The summed E-state index contributed by atoms with van der Waals surface area (Å²) in [6.07, 6.45) is 1.43. The smallest absolute Gasteiger partial charge is 0.329 e. The second kappa shape index (κ2) is 6.23. The van der Waals surface area contributed by atoms with Crippen molar-refractivity contribution in [2.24, 2.45) is 0 Å². The summed E-state index contributed by atoms with van der Waals surface area (Å²) in [5.74, 6) is -1.02. The number of aliphatic carboxylic acids is 1. The van der Waals surface area contributed by atoms with Gasteiger partial charge in [-0.1, -0.05) is 29.8 Å². The number of nitrogens with zero attached hydrogens (tertiary/aromatic N) is 1. The molecule has 2 rings (SSSR count). The van der Waals surface area contributed by atoms with E-state index in [-0.39, 0.29) is 12.4 Å². The Kier molecular flexibility index (Phi) is 4.56. The van der Waals surface area contributed by atoms with Crippen molar-refractivity contribution in [3.8, 4) is 5.75 Å². The molecule has 0 spiro atoms. The largest absolute Gasteiger partial charge is 0.483 e.